The summed E-state index contributed by atoms with van der Waals surface area (Å²) in [7, 11) is 0. The van der Waals surface area contributed by atoms with Crippen LogP contribution in [0.1, 0.15) is 36.0 Å². The van der Waals surface area contributed by atoms with Gasteiger partial charge in [0.2, 0.25) is 11.8 Å². The van der Waals surface area contributed by atoms with E-state index in [4.69, 9.17) is 10.5 Å². The molecular formula is C21H31N5O3. The van der Waals surface area contributed by atoms with Gasteiger partial charge in [0.25, 0.3) is 0 Å². The summed E-state index contributed by atoms with van der Waals surface area (Å²) in [5.41, 5.74) is 5.89. The number of aromatic nitrogens is 1. The van der Waals surface area contributed by atoms with Gasteiger partial charge in [0.1, 0.15) is 5.82 Å². The van der Waals surface area contributed by atoms with Gasteiger partial charge in [-0.25, -0.2) is 4.98 Å². The number of likely N-dealkylation sites (tertiary alicyclic amines) is 1. The number of morpholine rings is 1. The van der Waals surface area contributed by atoms with Crippen LogP contribution in [-0.4, -0.2) is 85.1 Å². The van der Waals surface area contributed by atoms with Crippen molar-refractivity contribution in [1.29, 1.82) is 0 Å². The molecular weight excluding hydrogens is 370 g/mol. The van der Waals surface area contributed by atoms with Crippen LogP contribution in [0.4, 0.5) is 5.82 Å². The summed E-state index contributed by atoms with van der Waals surface area (Å²) >= 11 is 0. The Morgan fingerprint density at radius 2 is 1.83 bits per heavy atom. The number of ether oxygens (including phenoxy) is 1. The van der Waals surface area contributed by atoms with E-state index < -0.39 is 5.91 Å². The van der Waals surface area contributed by atoms with Gasteiger partial charge in [-0.1, -0.05) is 0 Å². The molecule has 0 saturated carbocycles. The number of anilines is 1. The lowest BCUT2D eigenvalue weighted by Gasteiger charge is -2.43. The molecule has 0 radical (unpaired) electrons. The van der Waals surface area contributed by atoms with E-state index in [9.17, 15) is 9.59 Å². The number of nitrogens with zero attached hydrogens (tertiary/aromatic N) is 4. The molecule has 1 aromatic rings. The maximum Gasteiger partial charge on any atom is 0.248 e. The molecule has 158 valence electrons. The minimum atomic E-state index is -0.423. The molecule has 0 aromatic carbocycles. The predicted molar refractivity (Wildman–Crippen MR) is 110 cm³/mol. The number of primary amides is 1. The molecule has 0 bridgehead atoms. The Bertz CT molecular complexity index is 729. The van der Waals surface area contributed by atoms with E-state index in [1.54, 1.807) is 18.3 Å². The fourth-order valence-electron chi connectivity index (χ4n) is 4.79. The van der Waals surface area contributed by atoms with Crippen molar-refractivity contribution in [1.82, 2.24) is 14.8 Å². The van der Waals surface area contributed by atoms with Gasteiger partial charge in [0, 0.05) is 50.5 Å². The van der Waals surface area contributed by atoms with Crippen molar-refractivity contribution in [3.05, 3.63) is 23.9 Å². The fourth-order valence-corrected chi connectivity index (χ4v) is 4.79. The quantitative estimate of drug-likeness (QED) is 0.799. The van der Waals surface area contributed by atoms with Crippen molar-refractivity contribution in [3.63, 3.8) is 0 Å². The maximum atomic E-state index is 12.9. The molecule has 3 aliphatic heterocycles. The van der Waals surface area contributed by atoms with Crippen LogP contribution in [0.3, 0.4) is 0 Å². The highest BCUT2D eigenvalue weighted by atomic mass is 16.5. The van der Waals surface area contributed by atoms with Crippen molar-refractivity contribution in [3.8, 4) is 0 Å². The molecule has 2 amide bonds. The van der Waals surface area contributed by atoms with Gasteiger partial charge in [-0.2, -0.15) is 0 Å². The summed E-state index contributed by atoms with van der Waals surface area (Å²) in [5, 5.41) is 0. The van der Waals surface area contributed by atoms with Crippen LogP contribution in [0.5, 0.6) is 0 Å². The van der Waals surface area contributed by atoms with Crippen LogP contribution in [0.2, 0.25) is 0 Å². The number of piperidine rings is 2. The molecule has 4 heterocycles. The standard InChI is InChI=1S/C21H31N5O3/c22-20(27)16-3-6-23-19(14-16)24-8-4-18(5-9-24)26-7-1-2-17(15-26)21(28)25-10-12-29-13-11-25/h3,6,14,17-18H,1-2,4-5,7-13,15H2,(H2,22,27)/t17-/m1/s1. The second-order valence-corrected chi connectivity index (χ2v) is 8.26. The van der Waals surface area contributed by atoms with Crippen LogP contribution >= 0.6 is 0 Å². The Morgan fingerprint density at radius 1 is 1.07 bits per heavy atom. The van der Waals surface area contributed by atoms with E-state index in [1.165, 1.54) is 0 Å². The molecule has 3 aliphatic rings. The van der Waals surface area contributed by atoms with E-state index in [2.05, 4.69) is 14.8 Å². The van der Waals surface area contributed by atoms with Gasteiger partial charge in [-0.05, 0) is 44.4 Å². The smallest absolute Gasteiger partial charge is 0.248 e. The lowest BCUT2D eigenvalue weighted by atomic mass is 9.92. The number of rotatable bonds is 4. The van der Waals surface area contributed by atoms with Crippen molar-refractivity contribution < 1.29 is 14.3 Å². The summed E-state index contributed by atoms with van der Waals surface area (Å²) in [4.78, 5) is 35.5. The van der Waals surface area contributed by atoms with Crippen molar-refractivity contribution in [2.75, 3.05) is 57.4 Å². The zero-order valence-corrected chi connectivity index (χ0v) is 17.0. The summed E-state index contributed by atoms with van der Waals surface area (Å²) < 4.78 is 5.38. The summed E-state index contributed by atoms with van der Waals surface area (Å²) in [6.45, 7) is 6.52. The average Bonchev–Trinajstić information content (AvgIpc) is 2.79. The molecule has 0 unspecified atom stereocenters. The molecule has 8 heteroatoms. The molecule has 2 N–H and O–H groups in total. The van der Waals surface area contributed by atoms with Crippen LogP contribution < -0.4 is 10.6 Å². The highest BCUT2D eigenvalue weighted by Crippen LogP contribution is 2.27. The molecule has 3 fully saturated rings. The molecule has 3 saturated heterocycles. The Balaban J connectivity index is 1.31. The third-order valence-corrected chi connectivity index (χ3v) is 6.46. The van der Waals surface area contributed by atoms with Crippen LogP contribution in [0, 0.1) is 5.92 Å². The van der Waals surface area contributed by atoms with Gasteiger partial charge in [-0.3, -0.25) is 14.5 Å². The predicted octanol–water partition coefficient (Wildman–Crippen LogP) is 0.720. The summed E-state index contributed by atoms with van der Waals surface area (Å²) in [6, 6.07) is 3.93. The van der Waals surface area contributed by atoms with Crippen LogP contribution in [-0.2, 0) is 9.53 Å². The number of amides is 2. The number of hydrogen-bond donors (Lipinski definition) is 1. The fraction of sp³-hybridized carbons (Fsp3) is 0.667. The first-order valence-electron chi connectivity index (χ1n) is 10.7. The Labute approximate surface area is 172 Å². The molecule has 8 nitrogen and oxygen atoms in total. The average molecular weight is 402 g/mol. The minimum absolute atomic E-state index is 0.119. The monoisotopic (exact) mass is 401 g/mol. The molecule has 4 rings (SSSR count). The minimum Gasteiger partial charge on any atom is -0.378 e. The molecule has 0 spiro atoms. The molecule has 1 atom stereocenters. The normalized spacial score (nSPS) is 24.5. The topological polar surface area (TPSA) is 92.0 Å². The molecule has 1 aromatic heterocycles. The Hall–Kier alpha value is -2.19. The summed E-state index contributed by atoms with van der Waals surface area (Å²) in [6.07, 6.45) is 5.81. The largest absolute Gasteiger partial charge is 0.378 e. The van der Waals surface area contributed by atoms with E-state index in [0.29, 0.717) is 30.7 Å². The van der Waals surface area contributed by atoms with Crippen LogP contribution in [0.25, 0.3) is 0 Å². The van der Waals surface area contributed by atoms with Gasteiger partial charge in [0.05, 0.1) is 19.1 Å². The number of pyridine rings is 1. The van der Waals surface area contributed by atoms with E-state index in [-0.39, 0.29) is 5.92 Å². The van der Waals surface area contributed by atoms with Gasteiger partial charge in [-0.15, -0.1) is 0 Å². The summed E-state index contributed by atoms with van der Waals surface area (Å²) in [5.74, 6) is 0.822. The van der Waals surface area contributed by atoms with Gasteiger partial charge in [0.15, 0.2) is 0 Å². The zero-order chi connectivity index (χ0) is 20.2. The van der Waals surface area contributed by atoms with E-state index >= 15 is 0 Å². The van der Waals surface area contributed by atoms with Gasteiger partial charge >= 0.3 is 0 Å². The SMILES string of the molecule is NC(=O)c1ccnc(N2CCC(N3CCC[C@@H](C(=O)N4CCOCC4)C3)CC2)c1. The van der Waals surface area contributed by atoms with Gasteiger partial charge < -0.3 is 20.3 Å². The van der Waals surface area contributed by atoms with Crippen LogP contribution in [0.15, 0.2) is 18.3 Å². The number of carbonyl (C=O) groups excluding carboxylic acids is 2. The zero-order valence-electron chi connectivity index (χ0n) is 17.0. The number of hydrogen-bond acceptors (Lipinski definition) is 6. The first-order valence-corrected chi connectivity index (χ1v) is 10.7. The highest BCUT2D eigenvalue weighted by molar-refractivity contribution is 5.93. The Kier molecular flexibility index (Phi) is 6.30. The lowest BCUT2D eigenvalue weighted by molar-refractivity contribution is -0.141. The van der Waals surface area contributed by atoms with Crippen molar-refractivity contribution in [2.45, 2.75) is 31.7 Å². The third-order valence-electron chi connectivity index (χ3n) is 6.46. The highest BCUT2D eigenvalue weighted by Gasteiger charge is 2.34. The van der Waals surface area contributed by atoms with E-state index in [1.807, 2.05) is 4.90 Å². The Morgan fingerprint density at radius 3 is 2.55 bits per heavy atom. The first kappa shape index (κ1) is 20.1. The third kappa shape index (κ3) is 4.70. The number of nitrogens with two attached hydrogens (primary N) is 1. The second-order valence-electron chi connectivity index (χ2n) is 8.26. The van der Waals surface area contributed by atoms with E-state index in [0.717, 1.165) is 70.8 Å². The van der Waals surface area contributed by atoms with Crippen molar-refractivity contribution >= 4 is 17.6 Å². The molecule has 29 heavy (non-hydrogen) atoms. The second kappa shape index (κ2) is 9.09. The first-order chi connectivity index (χ1) is 14.1. The molecule has 0 aliphatic carbocycles. The number of carbonyl (C=O) groups is 2. The van der Waals surface area contributed by atoms with Crippen molar-refractivity contribution in [2.24, 2.45) is 11.7 Å². The lowest BCUT2D eigenvalue weighted by Crippen LogP contribution is -2.52. The maximum absolute atomic E-state index is 12.9.